The van der Waals surface area contributed by atoms with Crippen LogP contribution in [0, 0.1) is 10.8 Å². The van der Waals surface area contributed by atoms with Crippen LogP contribution in [0.1, 0.15) is 27.7 Å². The van der Waals surface area contributed by atoms with Gasteiger partial charge in [0.15, 0.2) is 0 Å². The van der Waals surface area contributed by atoms with Crippen molar-refractivity contribution in [2.45, 2.75) is 33.7 Å². The Kier molecular flexibility index (Phi) is 2.19. The van der Waals surface area contributed by atoms with Gasteiger partial charge in [-0.1, -0.05) is 39.3 Å². The average molecular weight is 226 g/mol. The van der Waals surface area contributed by atoms with Gasteiger partial charge in [0, 0.05) is 6.04 Å². The van der Waals surface area contributed by atoms with Crippen molar-refractivity contribution in [1.29, 1.82) is 0 Å². The zero-order chi connectivity index (χ0) is 11.3. The number of nitrogens with one attached hydrogen (secondary N) is 1. The van der Waals surface area contributed by atoms with Crippen LogP contribution in [-0.4, -0.2) is 16.0 Å². The Morgan fingerprint density at radius 3 is 2.00 bits per heavy atom. The van der Waals surface area contributed by atoms with Crippen molar-refractivity contribution in [2.24, 2.45) is 10.8 Å². The largest absolute Gasteiger partial charge is 0.350 e. The molecule has 1 aromatic rings. The van der Waals surface area contributed by atoms with Gasteiger partial charge >= 0.3 is 0 Å². The molecule has 0 unspecified atom stereocenters. The minimum Gasteiger partial charge on any atom is -0.350 e. The van der Waals surface area contributed by atoms with Crippen molar-refractivity contribution in [3.8, 4) is 0 Å². The maximum absolute atomic E-state index is 5.72. The molecule has 1 N–H and O–H groups in total. The lowest BCUT2D eigenvalue weighted by molar-refractivity contribution is 0.457. The lowest BCUT2D eigenvalue weighted by Gasteiger charge is -2.05. The van der Waals surface area contributed by atoms with E-state index in [1.807, 2.05) is 0 Å². The number of hydrogen-bond acceptors (Lipinski definition) is 3. The highest BCUT2D eigenvalue weighted by molar-refractivity contribution is 6.30. The first-order chi connectivity index (χ1) is 6.85. The molecule has 1 aliphatic rings. The van der Waals surface area contributed by atoms with Gasteiger partial charge in [-0.2, -0.15) is 0 Å². The molecule has 0 radical (unpaired) electrons. The van der Waals surface area contributed by atoms with Crippen LogP contribution in [0.3, 0.4) is 0 Å². The Labute approximate surface area is 95.3 Å². The first-order valence-corrected chi connectivity index (χ1v) is 5.47. The van der Waals surface area contributed by atoms with Gasteiger partial charge in [-0.05, 0) is 10.8 Å². The fraction of sp³-hybridized carbons (Fsp3) is 0.636. The smallest absolute Gasteiger partial charge is 0.222 e. The third-order valence-electron chi connectivity index (χ3n) is 3.91. The van der Waals surface area contributed by atoms with Gasteiger partial charge in [0.25, 0.3) is 0 Å². The number of hydrogen-bond donors (Lipinski definition) is 1. The number of anilines is 1. The number of aromatic nitrogens is 2. The summed E-state index contributed by atoms with van der Waals surface area (Å²) in [6.45, 7) is 9.00. The molecule has 0 spiro atoms. The normalized spacial score (nSPS) is 22.5. The van der Waals surface area contributed by atoms with Crippen molar-refractivity contribution >= 4 is 17.5 Å². The average Bonchev–Trinajstić information content (AvgIpc) is 2.52. The molecular formula is C11H16ClN3. The van der Waals surface area contributed by atoms with Crippen molar-refractivity contribution in [1.82, 2.24) is 9.97 Å². The summed E-state index contributed by atoms with van der Waals surface area (Å²) in [5, 5.41) is 3.91. The Bertz CT molecular complexity index is 356. The highest BCUT2D eigenvalue weighted by atomic mass is 35.5. The second-order valence-electron chi connectivity index (χ2n) is 5.25. The minimum atomic E-state index is 0.288. The molecule has 1 fully saturated rings. The van der Waals surface area contributed by atoms with E-state index in [0.717, 1.165) is 0 Å². The monoisotopic (exact) mass is 225 g/mol. The lowest BCUT2D eigenvalue weighted by Crippen LogP contribution is -2.12. The van der Waals surface area contributed by atoms with E-state index in [1.54, 1.807) is 12.4 Å². The molecule has 0 aliphatic heterocycles. The molecule has 1 aliphatic carbocycles. The van der Waals surface area contributed by atoms with Crippen molar-refractivity contribution in [2.75, 3.05) is 5.32 Å². The van der Waals surface area contributed by atoms with E-state index in [0.29, 0.717) is 17.0 Å². The van der Waals surface area contributed by atoms with E-state index in [-0.39, 0.29) is 10.8 Å². The zero-order valence-electron chi connectivity index (χ0n) is 9.50. The van der Waals surface area contributed by atoms with Crippen LogP contribution in [0.5, 0.6) is 0 Å². The van der Waals surface area contributed by atoms with Gasteiger partial charge < -0.3 is 5.32 Å². The first-order valence-electron chi connectivity index (χ1n) is 5.10. The topological polar surface area (TPSA) is 37.8 Å². The van der Waals surface area contributed by atoms with Crippen LogP contribution >= 0.6 is 11.6 Å². The summed E-state index contributed by atoms with van der Waals surface area (Å²) in [6, 6.07) is 0.422. The van der Waals surface area contributed by atoms with Crippen molar-refractivity contribution in [3.05, 3.63) is 17.4 Å². The summed E-state index contributed by atoms with van der Waals surface area (Å²) in [4.78, 5) is 8.27. The van der Waals surface area contributed by atoms with Crippen molar-refractivity contribution < 1.29 is 0 Å². The van der Waals surface area contributed by atoms with Gasteiger partial charge in [-0.25, -0.2) is 9.97 Å². The van der Waals surface area contributed by atoms with E-state index in [1.165, 1.54) is 0 Å². The second kappa shape index (κ2) is 3.08. The second-order valence-corrected chi connectivity index (χ2v) is 5.68. The maximum atomic E-state index is 5.72. The van der Waals surface area contributed by atoms with Gasteiger partial charge in [-0.3, -0.25) is 0 Å². The standard InChI is InChI=1S/C11H16ClN3/c1-10(2)8(11(10,3)4)15-9-13-5-7(12)6-14-9/h5-6,8H,1-4H3,(H,13,14,15). The molecule has 2 rings (SSSR count). The SMILES string of the molecule is CC1(C)C(Nc2ncc(Cl)cn2)C1(C)C. The molecule has 3 nitrogen and oxygen atoms in total. The van der Waals surface area contributed by atoms with Crippen LogP contribution in [0.15, 0.2) is 12.4 Å². The molecule has 0 bridgehead atoms. The summed E-state index contributed by atoms with van der Waals surface area (Å²) >= 11 is 5.72. The summed E-state index contributed by atoms with van der Waals surface area (Å²) in [5.74, 6) is 0.656. The van der Waals surface area contributed by atoms with E-state index >= 15 is 0 Å². The maximum Gasteiger partial charge on any atom is 0.222 e. The number of halogens is 1. The Balaban J connectivity index is 2.09. The predicted octanol–water partition coefficient (Wildman–Crippen LogP) is 2.98. The molecule has 1 heterocycles. The van der Waals surface area contributed by atoms with E-state index in [4.69, 9.17) is 11.6 Å². The van der Waals surface area contributed by atoms with Crippen LogP contribution < -0.4 is 5.32 Å². The molecule has 1 saturated carbocycles. The molecule has 82 valence electrons. The fourth-order valence-corrected chi connectivity index (χ4v) is 2.17. The van der Waals surface area contributed by atoms with E-state index < -0.39 is 0 Å². The molecule has 0 atom stereocenters. The molecule has 1 aromatic heterocycles. The van der Waals surface area contributed by atoms with Crippen LogP contribution in [-0.2, 0) is 0 Å². The van der Waals surface area contributed by atoms with Gasteiger partial charge in [0.05, 0.1) is 17.4 Å². The predicted molar refractivity (Wildman–Crippen MR) is 62.0 cm³/mol. The summed E-state index contributed by atoms with van der Waals surface area (Å²) < 4.78 is 0. The van der Waals surface area contributed by atoms with E-state index in [9.17, 15) is 0 Å². The first kappa shape index (κ1) is 10.7. The molecule has 0 amide bonds. The summed E-state index contributed by atoms with van der Waals surface area (Å²) in [5.41, 5.74) is 0.575. The molecule has 0 saturated heterocycles. The summed E-state index contributed by atoms with van der Waals surface area (Å²) in [7, 11) is 0. The molecule has 15 heavy (non-hydrogen) atoms. The van der Waals surface area contributed by atoms with Crippen molar-refractivity contribution in [3.63, 3.8) is 0 Å². The van der Waals surface area contributed by atoms with E-state index in [2.05, 4.69) is 43.0 Å². The quantitative estimate of drug-likeness (QED) is 0.841. The highest BCUT2D eigenvalue weighted by Crippen LogP contribution is 2.63. The third-order valence-corrected chi connectivity index (χ3v) is 4.11. The summed E-state index contributed by atoms with van der Waals surface area (Å²) in [6.07, 6.45) is 3.22. The Morgan fingerprint density at radius 1 is 1.13 bits per heavy atom. The number of nitrogens with zero attached hydrogens (tertiary/aromatic N) is 2. The van der Waals surface area contributed by atoms with Gasteiger partial charge in [-0.15, -0.1) is 0 Å². The molecular weight excluding hydrogens is 210 g/mol. The molecule has 4 heteroatoms. The molecule has 0 aromatic carbocycles. The van der Waals surface area contributed by atoms with Gasteiger partial charge in [0.1, 0.15) is 0 Å². The highest BCUT2D eigenvalue weighted by Gasteiger charge is 2.65. The fourth-order valence-electron chi connectivity index (χ4n) is 2.07. The number of rotatable bonds is 2. The van der Waals surface area contributed by atoms with Gasteiger partial charge in [0.2, 0.25) is 5.95 Å². The third kappa shape index (κ3) is 1.59. The van der Waals surface area contributed by atoms with Crippen LogP contribution in [0.2, 0.25) is 5.02 Å². The lowest BCUT2D eigenvalue weighted by atomic mass is 10.0. The zero-order valence-corrected chi connectivity index (χ0v) is 10.3. The van der Waals surface area contributed by atoms with Crippen LogP contribution in [0.4, 0.5) is 5.95 Å². The van der Waals surface area contributed by atoms with Crippen LogP contribution in [0.25, 0.3) is 0 Å². The Morgan fingerprint density at radius 2 is 1.60 bits per heavy atom. The Hall–Kier alpha value is -0.830. The minimum absolute atomic E-state index is 0.288.